The molecule has 0 atom stereocenters. The highest BCUT2D eigenvalue weighted by atomic mass is 16.5. The van der Waals surface area contributed by atoms with Crippen LogP contribution in [-0.2, 0) is 11.3 Å². The minimum atomic E-state index is 0.157. The molecule has 0 radical (unpaired) electrons. The molecule has 2 nitrogen and oxygen atoms in total. The van der Waals surface area contributed by atoms with Crippen molar-refractivity contribution >= 4 is 0 Å². The van der Waals surface area contributed by atoms with Gasteiger partial charge in [-0.25, -0.2) is 0 Å². The van der Waals surface area contributed by atoms with Crippen molar-refractivity contribution in [3.05, 3.63) is 47.5 Å². The molecule has 0 unspecified atom stereocenters. The highest BCUT2D eigenvalue weighted by Crippen LogP contribution is 2.14. The van der Waals surface area contributed by atoms with E-state index in [9.17, 15) is 0 Å². The number of rotatable bonds is 8. The monoisotopic (exact) mass is 261 g/mol. The minimum absolute atomic E-state index is 0.157. The Balaban J connectivity index is 2.21. The molecule has 106 valence electrons. The molecule has 0 fully saturated rings. The Kier molecular flexibility index (Phi) is 6.82. The SMILES string of the molecule is CC(C)=CCOCC(C)(C)CNCc1ccccc1. The zero-order chi connectivity index (χ0) is 14.1. The maximum Gasteiger partial charge on any atom is 0.0650 e. The molecule has 0 aromatic heterocycles. The van der Waals surface area contributed by atoms with Gasteiger partial charge in [0.15, 0.2) is 0 Å². The number of hydrogen-bond acceptors (Lipinski definition) is 2. The predicted octanol–water partition coefficient (Wildman–Crippen LogP) is 3.79. The van der Waals surface area contributed by atoms with E-state index in [4.69, 9.17) is 4.74 Å². The van der Waals surface area contributed by atoms with Crippen LogP contribution in [0.5, 0.6) is 0 Å². The van der Waals surface area contributed by atoms with Gasteiger partial charge in [-0.3, -0.25) is 0 Å². The molecule has 0 spiro atoms. The Labute approximate surface area is 117 Å². The Hall–Kier alpha value is -1.12. The minimum Gasteiger partial charge on any atom is -0.377 e. The Bertz CT molecular complexity index is 378. The number of ether oxygens (including phenoxy) is 1. The van der Waals surface area contributed by atoms with Gasteiger partial charge in [-0.05, 0) is 19.4 Å². The van der Waals surface area contributed by atoms with Crippen LogP contribution in [0.3, 0.4) is 0 Å². The van der Waals surface area contributed by atoms with Crippen LogP contribution < -0.4 is 5.32 Å². The molecule has 0 aliphatic rings. The molecule has 0 heterocycles. The fraction of sp³-hybridized carbons (Fsp3) is 0.529. The first-order valence-corrected chi connectivity index (χ1v) is 6.95. The molecule has 19 heavy (non-hydrogen) atoms. The summed E-state index contributed by atoms with van der Waals surface area (Å²) in [7, 11) is 0. The van der Waals surface area contributed by atoms with Crippen LogP contribution in [0, 0.1) is 5.41 Å². The lowest BCUT2D eigenvalue weighted by molar-refractivity contribution is 0.0798. The van der Waals surface area contributed by atoms with Crippen molar-refractivity contribution in [3.63, 3.8) is 0 Å². The quantitative estimate of drug-likeness (QED) is 0.568. The van der Waals surface area contributed by atoms with Gasteiger partial charge in [0.05, 0.1) is 13.2 Å². The predicted molar refractivity (Wildman–Crippen MR) is 82.2 cm³/mol. The lowest BCUT2D eigenvalue weighted by Crippen LogP contribution is -2.33. The zero-order valence-electron chi connectivity index (χ0n) is 12.7. The summed E-state index contributed by atoms with van der Waals surface area (Å²) in [6, 6.07) is 10.5. The van der Waals surface area contributed by atoms with E-state index >= 15 is 0 Å². The molecule has 0 saturated heterocycles. The first-order chi connectivity index (χ1) is 8.99. The standard InChI is InChI=1S/C17H27NO/c1-15(2)10-11-19-14-17(3,4)13-18-12-16-8-6-5-7-9-16/h5-10,18H,11-14H2,1-4H3. The molecular formula is C17H27NO. The van der Waals surface area contributed by atoms with Crippen LogP contribution in [0.4, 0.5) is 0 Å². The fourth-order valence-electron chi connectivity index (χ4n) is 1.75. The molecule has 1 aromatic rings. The van der Waals surface area contributed by atoms with E-state index in [-0.39, 0.29) is 5.41 Å². The van der Waals surface area contributed by atoms with Gasteiger partial charge in [-0.15, -0.1) is 0 Å². The molecule has 1 N–H and O–H groups in total. The lowest BCUT2D eigenvalue weighted by atomic mass is 9.95. The van der Waals surface area contributed by atoms with E-state index in [0.717, 1.165) is 19.7 Å². The average molecular weight is 261 g/mol. The van der Waals surface area contributed by atoms with E-state index in [1.165, 1.54) is 11.1 Å². The van der Waals surface area contributed by atoms with E-state index in [1.54, 1.807) is 0 Å². The summed E-state index contributed by atoms with van der Waals surface area (Å²) in [5.41, 5.74) is 2.79. The van der Waals surface area contributed by atoms with Crippen LogP contribution in [0.15, 0.2) is 42.0 Å². The summed E-state index contributed by atoms with van der Waals surface area (Å²) < 4.78 is 5.70. The summed E-state index contributed by atoms with van der Waals surface area (Å²) in [5, 5.41) is 3.50. The van der Waals surface area contributed by atoms with Gasteiger partial charge in [0.1, 0.15) is 0 Å². The van der Waals surface area contributed by atoms with Crippen molar-refractivity contribution in [2.24, 2.45) is 5.41 Å². The zero-order valence-corrected chi connectivity index (χ0v) is 12.7. The molecule has 1 rings (SSSR count). The maximum absolute atomic E-state index is 5.70. The summed E-state index contributed by atoms with van der Waals surface area (Å²) in [6.45, 7) is 12.0. The molecule has 0 aliphatic carbocycles. The third-order valence-electron chi connectivity index (χ3n) is 2.88. The average Bonchev–Trinajstić information content (AvgIpc) is 2.36. The van der Waals surface area contributed by atoms with Gasteiger partial charge in [0.25, 0.3) is 0 Å². The second-order valence-electron chi connectivity index (χ2n) is 6.05. The first kappa shape index (κ1) is 15.9. The number of nitrogens with one attached hydrogen (secondary N) is 1. The largest absolute Gasteiger partial charge is 0.377 e. The van der Waals surface area contributed by atoms with Crippen LogP contribution in [0.2, 0.25) is 0 Å². The summed E-state index contributed by atoms with van der Waals surface area (Å²) in [4.78, 5) is 0. The third-order valence-corrected chi connectivity index (χ3v) is 2.88. The Morgan fingerprint density at radius 2 is 1.89 bits per heavy atom. The van der Waals surface area contributed by atoms with E-state index in [1.807, 2.05) is 6.07 Å². The van der Waals surface area contributed by atoms with Crippen molar-refractivity contribution in [1.29, 1.82) is 0 Å². The Morgan fingerprint density at radius 3 is 2.53 bits per heavy atom. The van der Waals surface area contributed by atoms with E-state index in [0.29, 0.717) is 6.61 Å². The van der Waals surface area contributed by atoms with Crippen LogP contribution in [0.1, 0.15) is 33.3 Å². The van der Waals surface area contributed by atoms with Gasteiger partial charge in [0, 0.05) is 18.5 Å². The molecule has 0 saturated carbocycles. The van der Waals surface area contributed by atoms with Crippen molar-refractivity contribution in [1.82, 2.24) is 5.32 Å². The number of allylic oxidation sites excluding steroid dienone is 1. The first-order valence-electron chi connectivity index (χ1n) is 6.95. The second-order valence-corrected chi connectivity index (χ2v) is 6.05. The molecule has 2 heteroatoms. The normalized spacial score (nSPS) is 11.4. The highest BCUT2D eigenvalue weighted by molar-refractivity contribution is 5.14. The smallest absolute Gasteiger partial charge is 0.0650 e. The van der Waals surface area contributed by atoms with Crippen LogP contribution in [-0.4, -0.2) is 19.8 Å². The maximum atomic E-state index is 5.70. The summed E-state index contributed by atoms with van der Waals surface area (Å²) in [6.07, 6.45) is 2.12. The van der Waals surface area contributed by atoms with Crippen molar-refractivity contribution in [3.8, 4) is 0 Å². The molecule has 0 bridgehead atoms. The summed E-state index contributed by atoms with van der Waals surface area (Å²) >= 11 is 0. The van der Waals surface area contributed by atoms with Gasteiger partial charge in [0.2, 0.25) is 0 Å². The van der Waals surface area contributed by atoms with Gasteiger partial charge in [-0.2, -0.15) is 0 Å². The molecule has 1 aromatic carbocycles. The van der Waals surface area contributed by atoms with Gasteiger partial charge < -0.3 is 10.1 Å². The molecule has 0 amide bonds. The molecular weight excluding hydrogens is 234 g/mol. The van der Waals surface area contributed by atoms with Crippen LogP contribution >= 0.6 is 0 Å². The van der Waals surface area contributed by atoms with E-state index < -0.39 is 0 Å². The van der Waals surface area contributed by atoms with E-state index in [2.05, 4.69) is 63.4 Å². The topological polar surface area (TPSA) is 21.3 Å². The van der Waals surface area contributed by atoms with Crippen molar-refractivity contribution in [2.45, 2.75) is 34.2 Å². The van der Waals surface area contributed by atoms with Crippen molar-refractivity contribution < 1.29 is 4.74 Å². The number of hydrogen-bond donors (Lipinski definition) is 1. The van der Waals surface area contributed by atoms with Gasteiger partial charge >= 0.3 is 0 Å². The Morgan fingerprint density at radius 1 is 1.21 bits per heavy atom. The third kappa shape index (κ3) is 7.81. The van der Waals surface area contributed by atoms with Crippen LogP contribution in [0.25, 0.3) is 0 Å². The highest BCUT2D eigenvalue weighted by Gasteiger charge is 2.17. The second kappa shape index (κ2) is 8.13. The fourth-order valence-corrected chi connectivity index (χ4v) is 1.75. The summed E-state index contributed by atoms with van der Waals surface area (Å²) in [5.74, 6) is 0. The lowest BCUT2D eigenvalue weighted by Gasteiger charge is -2.24. The molecule has 0 aliphatic heterocycles. The van der Waals surface area contributed by atoms with Gasteiger partial charge in [-0.1, -0.05) is 55.8 Å². The number of benzene rings is 1. The van der Waals surface area contributed by atoms with Crippen molar-refractivity contribution in [2.75, 3.05) is 19.8 Å².